The molecule has 34 heavy (non-hydrogen) atoms. The number of thiophene rings is 1. The average Bonchev–Trinajstić information content (AvgIpc) is 3.13. The molecule has 0 amide bonds. The van der Waals surface area contributed by atoms with Crippen LogP contribution in [-0.2, 0) is 6.18 Å². The Kier molecular flexibility index (Phi) is 6.99. The molecule has 182 valence electrons. The summed E-state index contributed by atoms with van der Waals surface area (Å²) in [7, 11) is 0. The molecule has 13 heteroatoms. The molecule has 0 bridgehead atoms. The Bertz CT molecular complexity index is 1210. The van der Waals surface area contributed by atoms with Crippen molar-refractivity contribution in [1.29, 1.82) is 0 Å². The lowest BCUT2D eigenvalue weighted by atomic mass is 10.0. The number of aliphatic hydroxyl groups is 1. The van der Waals surface area contributed by atoms with E-state index in [1.165, 1.54) is 0 Å². The number of hydrogen-bond donors (Lipinski definition) is 4. The Labute approximate surface area is 204 Å². The van der Waals surface area contributed by atoms with Gasteiger partial charge in [-0.05, 0) is 47.0 Å². The number of aromatic carboxylic acids is 1. The first-order valence-corrected chi connectivity index (χ1v) is 12.0. The summed E-state index contributed by atoms with van der Waals surface area (Å²) in [5.41, 5.74) is 4.86. The first-order valence-electron chi connectivity index (χ1n) is 10.4. The predicted octanol–water partition coefficient (Wildman–Crippen LogP) is 4.05. The first kappa shape index (κ1) is 24.6. The summed E-state index contributed by atoms with van der Waals surface area (Å²) in [4.78, 5) is 21.3. The van der Waals surface area contributed by atoms with Crippen molar-refractivity contribution in [2.75, 3.05) is 30.3 Å². The Morgan fingerprint density at radius 2 is 2.03 bits per heavy atom. The lowest BCUT2D eigenvalue weighted by Crippen LogP contribution is -2.44. The van der Waals surface area contributed by atoms with Crippen LogP contribution < -0.4 is 16.0 Å². The molecule has 8 nitrogen and oxygen atoms in total. The fourth-order valence-electron chi connectivity index (χ4n) is 3.96. The van der Waals surface area contributed by atoms with Gasteiger partial charge in [-0.25, -0.2) is 14.8 Å². The van der Waals surface area contributed by atoms with E-state index in [2.05, 4.69) is 31.2 Å². The minimum absolute atomic E-state index is 0.0513. The number of fused-ring (bicyclic) bond motifs is 1. The zero-order chi connectivity index (χ0) is 24.6. The average molecular weight is 560 g/mol. The van der Waals surface area contributed by atoms with Gasteiger partial charge in [0.15, 0.2) is 0 Å². The third-order valence-electron chi connectivity index (χ3n) is 5.68. The molecule has 5 N–H and O–H groups in total. The lowest BCUT2D eigenvalue weighted by molar-refractivity contribution is -0.136. The molecular weight excluding hydrogens is 539 g/mol. The van der Waals surface area contributed by atoms with Crippen LogP contribution in [0.1, 0.15) is 39.9 Å². The van der Waals surface area contributed by atoms with Crippen LogP contribution in [0.3, 0.4) is 0 Å². The summed E-state index contributed by atoms with van der Waals surface area (Å²) in [5.74, 6) is -1.25. The second kappa shape index (κ2) is 9.64. The Balaban J connectivity index is 1.47. The first-order chi connectivity index (χ1) is 16.0. The number of nitrogen functional groups attached to an aromatic ring is 1. The van der Waals surface area contributed by atoms with Crippen molar-refractivity contribution in [3.8, 4) is 0 Å². The van der Waals surface area contributed by atoms with E-state index in [1.807, 2.05) is 0 Å². The number of nitrogens with zero attached hydrogens (tertiary/aromatic N) is 3. The second-order valence-electron chi connectivity index (χ2n) is 7.93. The quantitative estimate of drug-likeness (QED) is 0.333. The van der Waals surface area contributed by atoms with Gasteiger partial charge >= 0.3 is 12.1 Å². The number of aliphatic hydroxyl groups excluding tert-OH is 1. The molecule has 4 rings (SSSR count). The highest BCUT2D eigenvalue weighted by Crippen LogP contribution is 2.43. The highest BCUT2D eigenvalue weighted by Gasteiger charge is 2.37. The number of nitrogens with one attached hydrogen (secondary N) is 1. The molecule has 0 radical (unpaired) electrons. The van der Waals surface area contributed by atoms with Crippen LogP contribution in [0.4, 0.5) is 24.7 Å². The van der Waals surface area contributed by atoms with Gasteiger partial charge < -0.3 is 26.2 Å². The van der Waals surface area contributed by atoms with Crippen LogP contribution in [0, 0.1) is 0 Å². The second-order valence-corrected chi connectivity index (χ2v) is 9.74. The van der Waals surface area contributed by atoms with Crippen LogP contribution >= 0.6 is 27.3 Å². The molecule has 4 heterocycles. The Hall–Kier alpha value is -2.48. The SMILES string of the molecule is Nc1c(C(=O)O)sc2nc(N3CCC(NCC(O)c4cccc(Br)n4)CC3)cc(C(F)(F)F)c12. The maximum Gasteiger partial charge on any atom is 0.417 e. The van der Waals surface area contributed by atoms with E-state index in [0.29, 0.717) is 54.1 Å². The summed E-state index contributed by atoms with van der Waals surface area (Å²) in [5, 5.41) is 22.5. The molecule has 0 saturated carbocycles. The molecule has 0 spiro atoms. The summed E-state index contributed by atoms with van der Waals surface area (Å²) in [6, 6.07) is 6.29. The monoisotopic (exact) mass is 559 g/mol. The number of carboxylic acids is 1. The summed E-state index contributed by atoms with van der Waals surface area (Å²) >= 11 is 3.91. The zero-order valence-corrected chi connectivity index (χ0v) is 20.0. The maximum atomic E-state index is 13.8. The molecule has 1 aliphatic heterocycles. The summed E-state index contributed by atoms with van der Waals surface area (Å²) in [6.45, 7) is 1.19. The van der Waals surface area contributed by atoms with Crippen molar-refractivity contribution in [3.63, 3.8) is 0 Å². The number of anilines is 2. The van der Waals surface area contributed by atoms with E-state index in [-0.39, 0.29) is 27.0 Å². The number of hydrogen-bond acceptors (Lipinski definition) is 8. The maximum absolute atomic E-state index is 13.8. The molecule has 1 aliphatic rings. The van der Waals surface area contributed by atoms with Gasteiger partial charge in [0, 0.05) is 31.1 Å². The highest BCUT2D eigenvalue weighted by atomic mass is 79.9. The molecule has 1 fully saturated rings. The fraction of sp³-hybridized carbons (Fsp3) is 0.381. The van der Waals surface area contributed by atoms with Gasteiger partial charge in [-0.15, -0.1) is 11.3 Å². The van der Waals surface area contributed by atoms with E-state index < -0.39 is 29.5 Å². The normalized spacial score (nSPS) is 16.2. The number of rotatable bonds is 6. The minimum Gasteiger partial charge on any atom is -0.477 e. The standard InChI is InChI=1S/C21H21BrF3N5O3S/c22-14-3-1-2-12(28-14)13(31)9-27-10-4-6-30(7-5-10)15-8-11(21(23,24)25)16-17(26)18(20(32)33)34-19(16)29-15/h1-3,8,10,13,27,31H,4-7,9,26H2,(H,32,33). The fourth-order valence-corrected chi connectivity index (χ4v) is 5.27. The van der Waals surface area contributed by atoms with Crippen molar-refractivity contribution in [1.82, 2.24) is 15.3 Å². The van der Waals surface area contributed by atoms with Crippen molar-refractivity contribution in [2.45, 2.75) is 31.2 Å². The van der Waals surface area contributed by atoms with Crippen LogP contribution in [0.5, 0.6) is 0 Å². The topological polar surface area (TPSA) is 125 Å². The lowest BCUT2D eigenvalue weighted by Gasteiger charge is -2.34. The third kappa shape index (κ3) is 5.11. The van der Waals surface area contributed by atoms with Crippen molar-refractivity contribution in [2.24, 2.45) is 0 Å². The number of nitrogens with two attached hydrogens (primary N) is 1. The van der Waals surface area contributed by atoms with E-state index in [0.717, 1.165) is 6.07 Å². The molecule has 1 saturated heterocycles. The van der Waals surface area contributed by atoms with Crippen LogP contribution in [-0.4, -0.2) is 51.8 Å². The number of pyridine rings is 2. The van der Waals surface area contributed by atoms with Crippen molar-refractivity contribution in [3.05, 3.63) is 45.0 Å². The molecule has 1 unspecified atom stereocenters. The molecule has 0 aromatic carbocycles. The number of carboxylic acid groups (broad SMARTS) is 1. The molecule has 0 aliphatic carbocycles. The Morgan fingerprint density at radius 3 is 2.65 bits per heavy atom. The summed E-state index contributed by atoms with van der Waals surface area (Å²) < 4.78 is 41.9. The summed E-state index contributed by atoms with van der Waals surface area (Å²) in [6.07, 6.45) is -4.24. The third-order valence-corrected chi connectivity index (χ3v) is 7.21. The van der Waals surface area contributed by atoms with Crippen molar-refractivity contribution >= 4 is 55.0 Å². The number of piperidine rings is 1. The Morgan fingerprint density at radius 1 is 1.32 bits per heavy atom. The van der Waals surface area contributed by atoms with Gasteiger partial charge in [0.25, 0.3) is 0 Å². The predicted molar refractivity (Wildman–Crippen MR) is 126 cm³/mol. The number of aromatic nitrogens is 2. The number of carbonyl (C=O) groups is 1. The van der Waals surface area contributed by atoms with Gasteiger partial charge in [-0.1, -0.05) is 6.07 Å². The van der Waals surface area contributed by atoms with Gasteiger partial charge in [0.05, 0.1) is 16.9 Å². The zero-order valence-electron chi connectivity index (χ0n) is 17.6. The van der Waals surface area contributed by atoms with E-state index in [1.54, 1.807) is 23.1 Å². The molecular formula is C21H21BrF3N5O3S. The van der Waals surface area contributed by atoms with E-state index in [9.17, 15) is 28.2 Å². The molecule has 3 aromatic heterocycles. The van der Waals surface area contributed by atoms with Crippen LogP contribution in [0.15, 0.2) is 28.9 Å². The minimum atomic E-state index is -4.71. The number of halogens is 4. The van der Waals surface area contributed by atoms with Crippen LogP contribution in [0.2, 0.25) is 0 Å². The molecule has 3 aromatic rings. The van der Waals surface area contributed by atoms with E-state index >= 15 is 0 Å². The highest BCUT2D eigenvalue weighted by molar-refractivity contribution is 9.10. The van der Waals surface area contributed by atoms with Crippen molar-refractivity contribution < 1.29 is 28.2 Å². The molecule has 1 atom stereocenters. The van der Waals surface area contributed by atoms with Gasteiger partial charge in [-0.2, -0.15) is 13.2 Å². The largest absolute Gasteiger partial charge is 0.477 e. The number of alkyl halides is 3. The van der Waals surface area contributed by atoms with Gasteiger partial charge in [0.2, 0.25) is 0 Å². The van der Waals surface area contributed by atoms with Gasteiger partial charge in [0.1, 0.15) is 26.2 Å². The van der Waals surface area contributed by atoms with E-state index in [4.69, 9.17) is 5.73 Å². The smallest absolute Gasteiger partial charge is 0.417 e. The van der Waals surface area contributed by atoms with Gasteiger partial charge in [-0.3, -0.25) is 0 Å². The van der Waals surface area contributed by atoms with Crippen LogP contribution in [0.25, 0.3) is 10.2 Å².